The van der Waals surface area contributed by atoms with E-state index in [4.69, 9.17) is 0 Å². The van der Waals surface area contributed by atoms with Gasteiger partial charge in [-0.05, 0) is 27.8 Å². The Labute approximate surface area is 88.2 Å². The van der Waals surface area contributed by atoms with Crippen molar-refractivity contribution in [1.82, 2.24) is 9.78 Å². The van der Waals surface area contributed by atoms with E-state index in [0.717, 1.165) is 0 Å². The molecule has 1 aromatic heterocycles. The largest absolute Gasteiger partial charge is 0.404 e. The van der Waals surface area contributed by atoms with E-state index >= 15 is 0 Å². The maximum atomic E-state index is 10.7. The number of nitrogens with zero attached hydrogens (tertiary/aromatic N) is 3. The number of aromatic nitrogens is 2. The van der Waals surface area contributed by atoms with Crippen LogP contribution in [0.2, 0.25) is 0 Å². The minimum Gasteiger partial charge on any atom is -0.358 e. The number of aryl methyl sites for hydroxylation is 1. The molecule has 0 N–H and O–H groups in total. The Morgan fingerprint density at radius 1 is 1.79 bits per heavy atom. The van der Waals surface area contributed by atoms with Crippen LogP contribution in [0, 0.1) is 10.1 Å². The molecule has 0 aliphatic heterocycles. The molecule has 0 atom stereocenters. The van der Waals surface area contributed by atoms with Gasteiger partial charge in [0.15, 0.2) is 0 Å². The van der Waals surface area contributed by atoms with Gasteiger partial charge in [0.2, 0.25) is 0 Å². The minimum atomic E-state index is -0.575. The zero-order chi connectivity index (χ0) is 10.7. The van der Waals surface area contributed by atoms with Crippen LogP contribution in [-0.2, 0) is 11.3 Å². The molecule has 0 unspecified atom stereocenters. The molecule has 1 aromatic rings. The molecule has 0 spiro atoms. The monoisotopic (exact) mass is 261 g/mol. The molecular weight excluding hydrogens is 254 g/mol. The molecule has 1 heterocycles. The van der Waals surface area contributed by atoms with Crippen LogP contribution in [0.25, 0.3) is 0 Å². The highest BCUT2D eigenvalue weighted by Crippen LogP contribution is 2.21. The summed E-state index contributed by atoms with van der Waals surface area (Å²) in [5, 5.41) is 14.1. The lowest BCUT2D eigenvalue weighted by atomic mass is 10.3. The van der Waals surface area contributed by atoms with Crippen molar-refractivity contribution in [2.75, 3.05) is 0 Å². The second-order valence-corrected chi connectivity index (χ2v) is 3.63. The van der Waals surface area contributed by atoms with Crippen LogP contribution in [-0.4, -0.2) is 20.5 Å². The van der Waals surface area contributed by atoms with Crippen molar-refractivity contribution in [2.24, 2.45) is 0 Å². The number of ketones is 1. The summed E-state index contributed by atoms with van der Waals surface area (Å²) in [4.78, 5) is 20.5. The standard InChI is InChI=1S/C7H8BrN3O3/c1-5(12)2-3-10-4-6(8)7(9-10)11(13)14/h4H,2-3H2,1H3. The summed E-state index contributed by atoms with van der Waals surface area (Å²) in [5.74, 6) is -0.201. The Hall–Kier alpha value is -1.24. The van der Waals surface area contributed by atoms with Gasteiger partial charge < -0.3 is 10.1 Å². The Balaban J connectivity index is 2.76. The van der Waals surface area contributed by atoms with Gasteiger partial charge in [0.1, 0.15) is 10.3 Å². The van der Waals surface area contributed by atoms with Crippen LogP contribution < -0.4 is 0 Å². The molecule has 0 saturated heterocycles. The first-order valence-corrected chi connectivity index (χ1v) is 4.67. The summed E-state index contributed by atoms with van der Waals surface area (Å²) >= 11 is 3.01. The van der Waals surface area contributed by atoms with E-state index in [2.05, 4.69) is 21.0 Å². The molecule has 0 saturated carbocycles. The number of nitro groups is 1. The number of hydrogen-bond donors (Lipinski definition) is 0. The number of carbonyl (C=O) groups excluding carboxylic acids is 1. The van der Waals surface area contributed by atoms with Crippen LogP contribution in [0.3, 0.4) is 0 Å². The fourth-order valence-corrected chi connectivity index (χ4v) is 1.36. The summed E-state index contributed by atoms with van der Waals surface area (Å²) in [5.41, 5.74) is 0. The zero-order valence-corrected chi connectivity index (χ0v) is 9.02. The van der Waals surface area contributed by atoms with Crippen LogP contribution >= 0.6 is 15.9 Å². The van der Waals surface area contributed by atoms with Crippen LogP contribution in [0.5, 0.6) is 0 Å². The molecule has 0 aromatic carbocycles. The minimum absolute atomic E-state index is 0.0271. The molecule has 0 amide bonds. The normalized spacial score (nSPS) is 10.1. The second-order valence-electron chi connectivity index (χ2n) is 2.77. The molecule has 0 fully saturated rings. The van der Waals surface area contributed by atoms with Gasteiger partial charge in [0.05, 0.1) is 17.8 Å². The first-order valence-electron chi connectivity index (χ1n) is 3.87. The van der Waals surface area contributed by atoms with Crippen molar-refractivity contribution in [3.05, 3.63) is 20.8 Å². The lowest BCUT2D eigenvalue weighted by Crippen LogP contribution is -2.03. The quantitative estimate of drug-likeness (QED) is 0.608. The SMILES string of the molecule is CC(=O)CCn1cc(Br)c([N+](=O)[O-])n1. The maximum absolute atomic E-state index is 10.7. The summed E-state index contributed by atoms with van der Waals surface area (Å²) in [6.45, 7) is 1.83. The predicted octanol–water partition coefficient (Wildman–Crippen LogP) is 1.53. The van der Waals surface area contributed by atoms with Crippen LogP contribution in [0.4, 0.5) is 5.82 Å². The van der Waals surface area contributed by atoms with Gasteiger partial charge in [-0.3, -0.25) is 4.79 Å². The van der Waals surface area contributed by atoms with Gasteiger partial charge >= 0.3 is 5.82 Å². The molecule has 0 bridgehead atoms. The summed E-state index contributed by atoms with van der Waals surface area (Å²) in [7, 11) is 0. The number of Topliss-reactive ketones (excluding diaryl/α,β-unsaturated/α-hetero) is 1. The Kier molecular flexibility index (Phi) is 3.34. The van der Waals surface area contributed by atoms with E-state index in [9.17, 15) is 14.9 Å². The van der Waals surface area contributed by atoms with Crippen molar-refractivity contribution < 1.29 is 9.72 Å². The number of rotatable bonds is 4. The van der Waals surface area contributed by atoms with Crippen molar-refractivity contribution in [3.63, 3.8) is 0 Å². The molecule has 1 rings (SSSR count). The predicted molar refractivity (Wildman–Crippen MR) is 51.9 cm³/mol. The molecule has 76 valence electrons. The highest BCUT2D eigenvalue weighted by Gasteiger charge is 2.18. The molecule has 7 heteroatoms. The smallest absolute Gasteiger partial charge is 0.358 e. The van der Waals surface area contributed by atoms with E-state index in [1.54, 1.807) is 0 Å². The van der Waals surface area contributed by atoms with Crippen LogP contribution in [0.1, 0.15) is 13.3 Å². The summed E-state index contributed by atoms with van der Waals surface area (Å²) in [6.07, 6.45) is 1.81. The van der Waals surface area contributed by atoms with E-state index < -0.39 is 4.92 Å². The maximum Gasteiger partial charge on any atom is 0.404 e. The van der Waals surface area contributed by atoms with E-state index in [1.807, 2.05) is 0 Å². The van der Waals surface area contributed by atoms with E-state index in [-0.39, 0.29) is 11.6 Å². The summed E-state index contributed by atoms with van der Waals surface area (Å²) < 4.78 is 1.70. The van der Waals surface area contributed by atoms with Gasteiger partial charge in [-0.15, -0.1) is 0 Å². The molecule has 6 nitrogen and oxygen atoms in total. The fourth-order valence-electron chi connectivity index (χ4n) is 0.897. The molecule has 0 aliphatic rings. The number of carbonyl (C=O) groups is 1. The first kappa shape index (κ1) is 10.8. The Morgan fingerprint density at radius 2 is 2.43 bits per heavy atom. The van der Waals surface area contributed by atoms with Gasteiger partial charge in [0, 0.05) is 6.42 Å². The van der Waals surface area contributed by atoms with E-state index in [1.165, 1.54) is 17.8 Å². The lowest BCUT2D eigenvalue weighted by Gasteiger charge is -1.91. The van der Waals surface area contributed by atoms with Gasteiger partial charge in [-0.2, -0.15) is 4.68 Å². The zero-order valence-electron chi connectivity index (χ0n) is 7.44. The Bertz CT molecular complexity index is 374. The topological polar surface area (TPSA) is 78.0 Å². The molecule has 0 aliphatic carbocycles. The van der Waals surface area contributed by atoms with Crippen molar-refractivity contribution in [2.45, 2.75) is 19.9 Å². The van der Waals surface area contributed by atoms with Crippen molar-refractivity contribution in [1.29, 1.82) is 0 Å². The van der Waals surface area contributed by atoms with Gasteiger partial charge in [-0.1, -0.05) is 0 Å². The molecule has 0 radical (unpaired) electrons. The number of halogens is 1. The lowest BCUT2D eigenvalue weighted by molar-refractivity contribution is -0.390. The Morgan fingerprint density at radius 3 is 2.86 bits per heavy atom. The second kappa shape index (κ2) is 4.32. The third kappa shape index (κ3) is 2.63. The van der Waals surface area contributed by atoms with Crippen molar-refractivity contribution in [3.8, 4) is 0 Å². The van der Waals surface area contributed by atoms with Crippen LogP contribution in [0.15, 0.2) is 10.7 Å². The van der Waals surface area contributed by atoms with Crippen molar-refractivity contribution >= 4 is 27.5 Å². The first-order chi connectivity index (χ1) is 6.50. The molecular formula is C7H8BrN3O3. The highest BCUT2D eigenvalue weighted by atomic mass is 79.9. The average Bonchev–Trinajstić information content (AvgIpc) is 2.43. The van der Waals surface area contributed by atoms with Gasteiger partial charge in [-0.25, -0.2) is 0 Å². The highest BCUT2D eigenvalue weighted by molar-refractivity contribution is 9.10. The average molecular weight is 262 g/mol. The van der Waals surface area contributed by atoms with E-state index in [0.29, 0.717) is 17.4 Å². The molecule has 14 heavy (non-hydrogen) atoms. The van der Waals surface area contributed by atoms with Gasteiger partial charge in [0.25, 0.3) is 0 Å². The number of hydrogen-bond acceptors (Lipinski definition) is 4. The summed E-state index contributed by atoms with van der Waals surface area (Å²) in [6, 6.07) is 0. The fraction of sp³-hybridized carbons (Fsp3) is 0.429. The third-order valence-corrected chi connectivity index (χ3v) is 2.12. The third-order valence-electron chi connectivity index (χ3n) is 1.57.